The fourth-order valence-corrected chi connectivity index (χ4v) is 3.31. The maximum Gasteiger partial charge on any atom is 0.323 e. The Morgan fingerprint density at radius 3 is 2.81 bits per heavy atom. The lowest BCUT2D eigenvalue weighted by atomic mass is 9.71. The molecule has 3 heteroatoms. The zero-order valence-electron chi connectivity index (χ0n) is 9.75. The molecule has 2 rings (SSSR count). The summed E-state index contributed by atoms with van der Waals surface area (Å²) in [5.74, 6) is -0.231. The van der Waals surface area contributed by atoms with Crippen molar-refractivity contribution in [1.82, 2.24) is 0 Å². The molecule has 0 amide bonds. The van der Waals surface area contributed by atoms with Crippen LogP contribution in [0.1, 0.15) is 38.5 Å². The molecule has 2 saturated carbocycles. The normalized spacial score (nSPS) is 34.4. The van der Waals surface area contributed by atoms with Crippen LogP contribution in [-0.4, -0.2) is 18.9 Å². The van der Waals surface area contributed by atoms with Crippen molar-refractivity contribution < 1.29 is 14.3 Å². The monoisotopic (exact) mass is 222 g/mol. The number of esters is 1. The van der Waals surface area contributed by atoms with E-state index in [1.807, 2.05) is 0 Å². The molecule has 0 spiro atoms. The van der Waals surface area contributed by atoms with Gasteiger partial charge in [-0.25, -0.2) is 0 Å². The molecule has 3 nitrogen and oxygen atoms in total. The van der Waals surface area contributed by atoms with Crippen molar-refractivity contribution in [2.24, 2.45) is 11.3 Å². The van der Waals surface area contributed by atoms with Crippen LogP contribution in [0.25, 0.3) is 0 Å². The van der Waals surface area contributed by atoms with Gasteiger partial charge in [-0.05, 0) is 31.6 Å². The Kier molecular flexibility index (Phi) is 2.87. The van der Waals surface area contributed by atoms with Crippen LogP contribution in [0, 0.1) is 11.3 Å². The zero-order chi connectivity index (χ0) is 11.8. The molecule has 88 valence electrons. The summed E-state index contributed by atoms with van der Waals surface area (Å²) in [5.41, 5.74) is -0.213. The molecule has 0 aliphatic heterocycles. The highest BCUT2D eigenvalue weighted by Gasteiger charge is 2.58. The number of hydrogen-bond donors (Lipinski definition) is 0. The molecule has 2 aliphatic rings. The van der Waals surface area contributed by atoms with Crippen LogP contribution >= 0.6 is 0 Å². The Morgan fingerprint density at radius 2 is 2.12 bits per heavy atom. The molecule has 0 N–H and O–H groups in total. The van der Waals surface area contributed by atoms with Crippen molar-refractivity contribution in [3.63, 3.8) is 0 Å². The second kappa shape index (κ2) is 4.04. The summed E-state index contributed by atoms with van der Waals surface area (Å²) in [4.78, 5) is 24.2. The minimum atomic E-state index is -0.995. The highest BCUT2D eigenvalue weighted by molar-refractivity contribution is 6.08. The second-order valence-electron chi connectivity index (χ2n) is 4.81. The van der Waals surface area contributed by atoms with E-state index in [0.29, 0.717) is 6.42 Å². The number of methoxy groups -OCH3 is 1. The van der Waals surface area contributed by atoms with Gasteiger partial charge in [-0.15, -0.1) is 0 Å². The van der Waals surface area contributed by atoms with Crippen LogP contribution in [-0.2, 0) is 14.3 Å². The van der Waals surface area contributed by atoms with E-state index in [2.05, 4.69) is 6.58 Å². The van der Waals surface area contributed by atoms with Gasteiger partial charge in [0, 0.05) is 6.42 Å². The van der Waals surface area contributed by atoms with Gasteiger partial charge < -0.3 is 4.74 Å². The first-order chi connectivity index (χ1) is 7.64. The Hall–Kier alpha value is -1.12. The second-order valence-corrected chi connectivity index (χ2v) is 4.81. The third-order valence-corrected chi connectivity index (χ3v) is 4.12. The van der Waals surface area contributed by atoms with Crippen molar-refractivity contribution >= 4 is 11.8 Å². The molecule has 0 unspecified atom stereocenters. The molecule has 16 heavy (non-hydrogen) atoms. The lowest BCUT2D eigenvalue weighted by Gasteiger charge is -2.31. The molecule has 0 saturated heterocycles. The van der Waals surface area contributed by atoms with Gasteiger partial charge in [0.1, 0.15) is 5.41 Å². The number of Topliss-reactive ketones (excluding diaryl/α,β-unsaturated/α-hetero) is 1. The number of ketones is 1. The van der Waals surface area contributed by atoms with Crippen molar-refractivity contribution in [2.75, 3.05) is 7.11 Å². The van der Waals surface area contributed by atoms with Gasteiger partial charge in [0.05, 0.1) is 7.11 Å². The van der Waals surface area contributed by atoms with Crippen LogP contribution in [0.15, 0.2) is 12.2 Å². The summed E-state index contributed by atoms with van der Waals surface area (Å²) in [7, 11) is 1.36. The van der Waals surface area contributed by atoms with Crippen molar-refractivity contribution in [1.29, 1.82) is 0 Å². The SMILES string of the molecule is C=C1CCCC[C@@H]2CCC(=O)[C@]12C(=O)OC. The van der Waals surface area contributed by atoms with Gasteiger partial charge in [0.25, 0.3) is 0 Å². The Morgan fingerprint density at radius 1 is 1.38 bits per heavy atom. The van der Waals surface area contributed by atoms with Gasteiger partial charge >= 0.3 is 5.97 Å². The topological polar surface area (TPSA) is 43.4 Å². The van der Waals surface area contributed by atoms with Crippen LogP contribution in [0.5, 0.6) is 0 Å². The standard InChI is InChI=1S/C13H18O3/c1-9-5-3-4-6-10-7-8-11(14)13(9,10)12(15)16-2/h10H,1,3-8H2,2H3/t10-,13+/m1/s1. The number of carbonyl (C=O) groups is 2. The van der Waals surface area contributed by atoms with Crippen LogP contribution in [0.2, 0.25) is 0 Å². The Bertz CT molecular complexity index is 345. The molecule has 0 radical (unpaired) electrons. The minimum absolute atomic E-state index is 0.0243. The summed E-state index contributed by atoms with van der Waals surface area (Å²) in [6, 6.07) is 0. The number of rotatable bonds is 1. The molecule has 2 atom stereocenters. The summed E-state index contributed by atoms with van der Waals surface area (Å²) in [6.07, 6.45) is 5.14. The summed E-state index contributed by atoms with van der Waals surface area (Å²) >= 11 is 0. The predicted molar refractivity (Wildman–Crippen MR) is 59.8 cm³/mol. The molecule has 0 aromatic rings. The van der Waals surface area contributed by atoms with Crippen LogP contribution in [0.4, 0.5) is 0 Å². The van der Waals surface area contributed by atoms with E-state index in [0.717, 1.165) is 37.7 Å². The number of ether oxygens (including phenoxy) is 1. The molecule has 0 heterocycles. The highest BCUT2D eigenvalue weighted by Crippen LogP contribution is 2.51. The lowest BCUT2D eigenvalue weighted by molar-refractivity contribution is -0.156. The molecular weight excluding hydrogens is 204 g/mol. The Balaban J connectivity index is 2.48. The lowest BCUT2D eigenvalue weighted by Crippen LogP contribution is -2.42. The van der Waals surface area contributed by atoms with E-state index in [9.17, 15) is 9.59 Å². The van der Waals surface area contributed by atoms with E-state index in [4.69, 9.17) is 4.74 Å². The predicted octanol–water partition coefficient (Wildman–Crippen LogP) is 2.26. The molecule has 0 aromatic heterocycles. The zero-order valence-corrected chi connectivity index (χ0v) is 9.75. The van der Waals surface area contributed by atoms with E-state index < -0.39 is 5.41 Å². The highest BCUT2D eigenvalue weighted by atomic mass is 16.5. The third-order valence-electron chi connectivity index (χ3n) is 4.12. The number of carbonyl (C=O) groups excluding carboxylic acids is 2. The number of hydrogen-bond acceptors (Lipinski definition) is 3. The van der Waals surface area contributed by atoms with E-state index >= 15 is 0 Å². The first kappa shape index (κ1) is 11.4. The minimum Gasteiger partial charge on any atom is -0.468 e. The summed E-state index contributed by atoms with van der Waals surface area (Å²) in [5, 5.41) is 0. The first-order valence-corrected chi connectivity index (χ1v) is 5.94. The fraction of sp³-hybridized carbons (Fsp3) is 0.692. The average molecular weight is 222 g/mol. The third kappa shape index (κ3) is 1.34. The molecular formula is C13H18O3. The van der Waals surface area contributed by atoms with E-state index in [1.165, 1.54) is 7.11 Å². The van der Waals surface area contributed by atoms with Gasteiger partial charge in [-0.1, -0.05) is 18.6 Å². The molecule has 2 aliphatic carbocycles. The quantitative estimate of drug-likeness (QED) is 0.388. The largest absolute Gasteiger partial charge is 0.468 e. The molecule has 2 fully saturated rings. The Labute approximate surface area is 95.9 Å². The maximum absolute atomic E-state index is 12.1. The summed E-state index contributed by atoms with van der Waals surface area (Å²) in [6.45, 7) is 3.99. The average Bonchev–Trinajstić information content (AvgIpc) is 2.51. The summed E-state index contributed by atoms with van der Waals surface area (Å²) < 4.78 is 4.87. The van der Waals surface area contributed by atoms with Crippen LogP contribution in [0.3, 0.4) is 0 Å². The van der Waals surface area contributed by atoms with Crippen LogP contribution < -0.4 is 0 Å². The van der Waals surface area contributed by atoms with Crippen molar-refractivity contribution in [2.45, 2.75) is 38.5 Å². The molecule has 0 aromatic carbocycles. The first-order valence-electron chi connectivity index (χ1n) is 5.94. The number of fused-ring (bicyclic) bond motifs is 1. The van der Waals surface area contributed by atoms with Gasteiger partial charge in [0.2, 0.25) is 0 Å². The maximum atomic E-state index is 12.1. The van der Waals surface area contributed by atoms with Gasteiger partial charge in [-0.2, -0.15) is 0 Å². The fourth-order valence-electron chi connectivity index (χ4n) is 3.31. The smallest absolute Gasteiger partial charge is 0.323 e. The van der Waals surface area contributed by atoms with Gasteiger partial charge in [-0.3, -0.25) is 9.59 Å². The van der Waals surface area contributed by atoms with Crippen molar-refractivity contribution in [3.8, 4) is 0 Å². The van der Waals surface area contributed by atoms with Crippen molar-refractivity contribution in [3.05, 3.63) is 12.2 Å². The van der Waals surface area contributed by atoms with E-state index in [-0.39, 0.29) is 17.7 Å². The van der Waals surface area contributed by atoms with Gasteiger partial charge in [0.15, 0.2) is 5.78 Å². The van der Waals surface area contributed by atoms with E-state index in [1.54, 1.807) is 0 Å². The molecule has 0 bridgehead atoms.